The predicted molar refractivity (Wildman–Crippen MR) is 65.9 cm³/mol. The molecule has 2 saturated heterocycles. The first kappa shape index (κ1) is 12.8. The number of nitrogens with one attached hydrogen (secondary N) is 1. The summed E-state index contributed by atoms with van der Waals surface area (Å²) >= 11 is 0. The van der Waals surface area contributed by atoms with Crippen molar-refractivity contribution in [3.05, 3.63) is 0 Å². The summed E-state index contributed by atoms with van der Waals surface area (Å²) in [6.45, 7) is 5.78. The van der Waals surface area contributed by atoms with Crippen molar-refractivity contribution in [1.29, 1.82) is 0 Å². The first-order valence-corrected chi connectivity index (χ1v) is 6.56. The van der Waals surface area contributed by atoms with Crippen LogP contribution in [-0.2, 0) is 9.53 Å². The Hall–Kier alpha value is -0.650. The number of likely N-dealkylation sites (tertiary alicyclic amines) is 1. The lowest BCUT2D eigenvalue weighted by Crippen LogP contribution is -2.49. The molecule has 0 aliphatic carbocycles. The fourth-order valence-electron chi connectivity index (χ4n) is 2.53. The smallest absolute Gasteiger partial charge is 0.236 e. The fraction of sp³-hybridized carbons (Fsp3) is 0.917. The molecule has 98 valence electrons. The van der Waals surface area contributed by atoms with Crippen molar-refractivity contribution in [3.63, 3.8) is 0 Å². The number of rotatable bonds is 4. The van der Waals surface area contributed by atoms with Crippen molar-refractivity contribution in [2.45, 2.75) is 18.9 Å². The fourth-order valence-corrected chi connectivity index (χ4v) is 2.53. The molecule has 1 unspecified atom stereocenters. The highest BCUT2D eigenvalue weighted by atomic mass is 16.5. The van der Waals surface area contributed by atoms with E-state index in [4.69, 9.17) is 4.74 Å². The molecule has 0 radical (unpaired) electrons. The van der Waals surface area contributed by atoms with Gasteiger partial charge in [-0.2, -0.15) is 0 Å². The summed E-state index contributed by atoms with van der Waals surface area (Å²) in [4.78, 5) is 16.2. The van der Waals surface area contributed by atoms with Crippen LogP contribution in [-0.4, -0.2) is 74.7 Å². The van der Waals surface area contributed by atoms with Gasteiger partial charge in [0.15, 0.2) is 0 Å². The third-order valence-electron chi connectivity index (χ3n) is 3.47. The third-order valence-corrected chi connectivity index (χ3v) is 3.47. The number of carbonyl (C=O) groups is 1. The van der Waals surface area contributed by atoms with E-state index in [1.807, 2.05) is 11.9 Å². The van der Waals surface area contributed by atoms with E-state index >= 15 is 0 Å². The summed E-state index contributed by atoms with van der Waals surface area (Å²) in [5.41, 5.74) is 0. The van der Waals surface area contributed by atoms with Gasteiger partial charge in [0.05, 0.1) is 19.3 Å². The number of nitrogens with zero attached hydrogens (tertiary/aromatic N) is 2. The summed E-state index contributed by atoms with van der Waals surface area (Å²) in [6, 6.07) is 0. The van der Waals surface area contributed by atoms with Crippen molar-refractivity contribution in [3.8, 4) is 0 Å². The van der Waals surface area contributed by atoms with Crippen molar-refractivity contribution in [2.24, 2.45) is 0 Å². The summed E-state index contributed by atoms with van der Waals surface area (Å²) in [7, 11) is 1.93. The molecule has 2 fully saturated rings. The number of likely N-dealkylation sites (N-methyl/N-ethyl adjacent to an activating group) is 1. The molecule has 2 aliphatic rings. The SMILES string of the molecule is CNCC1CN(CC(=O)N2CCCC2)CCO1. The van der Waals surface area contributed by atoms with Gasteiger partial charge in [-0.3, -0.25) is 9.69 Å². The largest absolute Gasteiger partial charge is 0.374 e. The van der Waals surface area contributed by atoms with Gasteiger partial charge in [0.25, 0.3) is 0 Å². The zero-order valence-corrected chi connectivity index (χ0v) is 10.7. The standard InChI is InChI=1S/C12H23N3O2/c1-13-8-11-9-14(6-7-17-11)10-12(16)15-4-2-3-5-15/h11,13H,2-10H2,1H3. The highest BCUT2D eigenvalue weighted by molar-refractivity contribution is 5.78. The minimum absolute atomic E-state index is 0.222. The molecule has 17 heavy (non-hydrogen) atoms. The molecule has 0 aromatic rings. The lowest BCUT2D eigenvalue weighted by atomic mass is 10.2. The molecular formula is C12H23N3O2. The van der Waals surface area contributed by atoms with Crippen LogP contribution in [0.5, 0.6) is 0 Å². The molecule has 1 atom stereocenters. The maximum atomic E-state index is 12.0. The Labute approximate surface area is 103 Å². The van der Waals surface area contributed by atoms with Gasteiger partial charge < -0.3 is 15.0 Å². The molecule has 1 amide bonds. The van der Waals surface area contributed by atoms with Gasteiger partial charge in [-0.25, -0.2) is 0 Å². The van der Waals surface area contributed by atoms with Crippen molar-refractivity contribution < 1.29 is 9.53 Å². The van der Waals surface area contributed by atoms with E-state index in [-0.39, 0.29) is 12.0 Å². The molecule has 1 N–H and O–H groups in total. The van der Waals surface area contributed by atoms with Crippen LogP contribution in [0.25, 0.3) is 0 Å². The minimum atomic E-state index is 0.222. The monoisotopic (exact) mass is 241 g/mol. The van der Waals surface area contributed by atoms with Crippen LogP contribution in [0.4, 0.5) is 0 Å². The minimum Gasteiger partial charge on any atom is -0.374 e. The van der Waals surface area contributed by atoms with Crippen LogP contribution in [0.15, 0.2) is 0 Å². The number of carbonyl (C=O) groups excluding carboxylic acids is 1. The number of ether oxygens (including phenoxy) is 1. The van der Waals surface area contributed by atoms with E-state index < -0.39 is 0 Å². The highest BCUT2D eigenvalue weighted by Crippen LogP contribution is 2.10. The van der Waals surface area contributed by atoms with Crippen LogP contribution in [0.2, 0.25) is 0 Å². The lowest BCUT2D eigenvalue weighted by Gasteiger charge is -2.33. The average Bonchev–Trinajstić information content (AvgIpc) is 2.83. The maximum absolute atomic E-state index is 12.0. The van der Waals surface area contributed by atoms with E-state index in [0.717, 1.165) is 52.2 Å². The van der Waals surface area contributed by atoms with Crippen LogP contribution in [0.1, 0.15) is 12.8 Å². The molecular weight excluding hydrogens is 218 g/mol. The Bertz CT molecular complexity index is 252. The van der Waals surface area contributed by atoms with Crippen molar-refractivity contribution >= 4 is 5.91 Å². The van der Waals surface area contributed by atoms with Gasteiger partial charge in [-0.15, -0.1) is 0 Å². The molecule has 0 aromatic heterocycles. The zero-order chi connectivity index (χ0) is 12.1. The van der Waals surface area contributed by atoms with E-state index in [0.29, 0.717) is 6.54 Å². The quantitative estimate of drug-likeness (QED) is 0.723. The molecule has 2 aliphatic heterocycles. The third kappa shape index (κ3) is 3.66. The number of hydrogen-bond donors (Lipinski definition) is 1. The molecule has 5 nitrogen and oxygen atoms in total. The summed E-state index contributed by atoms with van der Waals surface area (Å²) < 4.78 is 5.63. The van der Waals surface area contributed by atoms with Gasteiger partial charge in [-0.05, 0) is 19.9 Å². The number of amides is 1. The highest BCUT2D eigenvalue weighted by Gasteiger charge is 2.24. The molecule has 0 aromatic carbocycles. The lowest BCUT2D eigenvalue weighted by molar-refractivity contribution is -0.133. The van der Waals surface area contributed by atoms with Crippen molar-refractivity contribution in [2.75, 3.05) is 52.9 Å². The van der Waals surface area contributed by atoms with E-state index in [2.05, 4.69) is 10.2 Å². The van der Waals surface area contributed by atoms with Gasteiger partial charge in [0.2, 0.25) is 5.91 Å². The maximum Gasteiger partial charge on any atom is 0.236 e. The summed E-state index contributed by atoms with van der Waals surface area (Å²) in [6.07, 6.45) is 2.55. The summed E-state index contributed by atoms with van der Waals surface area (Å²) in [5, 5.41) is 3.12. The Balaban J connectivity index is 1.75. The average molecular weight is 241 g/mol. The van der Waals surface area contributed by atoms with Crippen LogP contribution < -0.4 is 5.32 Å². The first-order chi connectivity index (χ1) is 8.29. The first-order valence-electron chi connectivity index (χ1n) is 6.56. The molecule has 0 spiro atoms. The second kappa shape index (κ2) is 6.33. The van der Waals surface area contributed by atoms with Gasteiger partial charge in [-0.1, -0.05) is 0 Å². The summed E-state index contributed by atoms with van der Waals surface area (Å²) in [5.74, 6) is 0.285. The topological polar surface area (TPSA) is 44.8 Å². The predicted octanol–water partition coefficient (Wildman–Crippen LogP) is -0.471. The molecule has 2 heterocycles. The molecule has 0 bridgehead atoms. The van der Waals surface area contributed by atoms with E-state index in [1.54, 1.807) is 0 Å². The number of morpholine rings is 1. The van der Waals surface area contributed by atoms with Gasteiger partial charge in [0.1, 0.15) is 0 Å². The van der Waals surface area contributed by atoms with Crippen molar-refractivity contribution in [1.82, 2.24) is 15.1 Å². The van der Waals surface area contributed by atoms with Crippen LogP contribution in [0.3, 0.4) is 0 Å². The van der Waals surface area contributed by atoms with Gasteiger partial charge >= 0.3 is 0 Å². The molecule has 5 heteroatoms. The molecule has 0 saturated carbocycles. The van der Waals surface area contributed by atoms with Crippen LogP contribution in [0, 0.1) is 0 Å². The van der Waals surface area contributed by atoms with E-state index in [1.165, 1.54) is 0 Å². The Kier molecular flexibility index (Phi) is 4.76. The number of hydrogen-bond acceptors (Lipinski definition) is 4. The van der Waals surface area contributed by atoms with E-state index in [9.17, 15) is 4.79 Å². The second-order valence-electron chi connectivity index (χ2n) is 4.87. The molecule has 2 rings (SSSR count). The Morgan fingerprint density at radius 3 is 2.82 bits per heavy atom. The Morgan fingerprint density at radius 1 is 1.35 bits per heavy atom. The second-order valence-corrected chi connectivity index (χ2v) is 4.87. The zero-order valence-electron chi connectivity index (χ0n) is 10.7. The normalized spacial score (nSPS) is 26.4. The van der Waals surface area contributed by atoms with Gasteiger partial charge in [0, 0.05) is 32.7 Å². The Morgan fingerprint density at radius 2 is 2.12 bits per heavy atom. The van der Waals surface area contributed by atoms with Crippen LogP contribution >= 0.6 is 0 Å².